The van der Waals surface area contributed by atoms with Crippen LogP contribution in [0.5, 0.6) is 11.5 Å². The van der Waals surface area contributed by atoms with E-state index in [9.17, 15) is 4.79 Å². The fourth-order valence-corrected chi connectivity index (χ4v) is 1.77. The average Bonchev–Trinajstić information content (AvgIpc) is 2.44. The molecule has 5 nitrogen and oxygen atoms in total. The molecule has 0 bridgehead atoms. The molecule has 0 aliphatic rings. The quantitative estimate of drug-likeness (QED) is 0.801. The highest BCUT2D eigenvalue weighted by molar-refractivity contribution is 6.00. The van der Waals surface area contributed by atoms with Gasteiger partial charge >= 0.3 is 0 Å². The Bertz CT molecular complexity index is 447. The Hall–Kier alpha value is -1.91. The topological polar surface area (TPSA) is 64.8 Å². The Morgan fingerprint density at radius 1 is 1.32 bits per heavy atom. The fourth-order valence-electron chi connectivity index (χ4n) is 1.77. The van der Waals surface area contributed by atoms with E-state index in [0.29, 0.717) is 29.3 Å². The number of ether oxygens (including phenoxy) is 2. The van der Waals surface area contributed by atoms with Gasteiger partial charge in [-0.3, -0.25) is 4.79 Å². The second-order valence-corrected chi connectivity index (χ2v) is 4.37. The second kappa shape index (κ2) is 6.87. The number of rotatable bonds is 6. The lowest BCUT2D eigenvalue weighted by molar-refractivity contribution is 0.0793. The maximum Gasteiger partial charge on any atom is 0.255 e. The van der Waals surface area contributed by atoms with Crippen LogP contribution in [0.2, 0.25) is 0 Å². The van der Waals surface area contributed by atoms with Gasteiger partial charge in [-0.2, -0.15) is 0 Å². The van der Waals surface area contributed by atoms with Gasteiger partial charge in [0.05, 0.1) is 25.5 Å². The maximum atomic E-state index is 12.3. The molecule has 0 atom stereocenters. The van der Waals surface area contributed by atoms with E-state index < -0.39 is 0 Å². The largest absolute Gasteiger partial charge is 0.497 e. The number of benzene rings is 1. The number of hydrogen-bond acceptors (Lipinski definition) is 4. The Balaban J connectivity index is 3.07. The molecular weight excluding hydrogens is 244 g/mol. The van der Waals surface area contributed by atoms with Gasteiger partial charge in [0.15, 0.2) is 0 Å². The lowest BCUT2D eigenvalue weighted by Gasteiger charge is -2.19. The summed E-state index contributed by atoms with van der Waals surface area (Å²) in [5.74, 6) is 0.882. The van der Waals surface area contributed by atoms with E-state index in [1.807, 2.05) is 0 Å². The van der Waals surface area contributed by atoms with Crippen molar-refractivity contribution < 1.29 is 14.3 Å². The lowest BCUT2D eigenvalue weighted by Crippen LogP contribution is -2.28. The zero-order valence-electron chi connectivity index (χ0n) is 12.0. The van der Waals surface area contributed by atoms with Crippen LogP contribution in [0, 0.1) is 0 Å². The van der Waals surface area contributed by atoms with E-state index >= 15 is 0 Å². The highest BCUT2D eigenvalue weighted by Gasteiger charge is 2.18. The number of carbonyl (C=O) groups is 1. The molecule has 0 unspecified atom stereocenters. The van der Waals surface area contributed by atoms with Crippen LogP contribution in [0.4, 0.5) is 5.69 Å². The number of anilines is 1. The summed E-state index contributed by atoms with van der Waals surface area (Å²) in [6.45, 7) is 2.79. The van der Waals surface area contributed by atoms with Crippen molar-refractivity contribution in [3.05, 3.63) is 17.7 Å². The van der Waals surface area contributed by atoms with Crippen LogP contribution in [0.1, 0.15) is 30.1 Å². The zero-order chi connectivity index (χ0) is 14.4. The Kier molecular flexibility index (Phi) is 5.48. The molecule has 0 saturated carbocycles. The maximum absolute atomic E-state index is 12.3. The minimum atomic E-state index is -0.122. The van der Waals surface area contributed by atoms with E-state index in [2.05, 4.69) is 6.92 Å². The SMILES string of the molecule is CCCCN(C)C(=O)c1cc(OC)cc(OC)c1N. The lowest BCUT2D eigenvalue weighted by atomic mass is 10.1. The van der Waals surface area contributed by atoms with Crippen molar-refractivity contribution in [1.29, 1.82) is 0 Å². The molecule has 1 amide bonds. The third kappa shape index (κ3) is 3.53. The molecule has 0 aromatic heterocycles. The molecule has 19 heavy (non-hydrogen) atoms. The highest BCUT2D eigenvalue weighted by atomic mass is 16.5. The van der Waals surface area contributed by atoms with Gasteiger partial charge in [-0.05, 0) is 12.5 Å². The second-order valence-electron chi connectivity index (χ2n) is 4.37. The summed E-state index contributed by atoms with van der Waals surface area (Å²) in [7, 11) is 4.82. The molecule has 0 aliphatic carbocycles. The zero-order valence-corrected chi connectivity index (χ0v) is 12.0. The summed E-state index contributed by atoms with van der Waals surface area (Å²) < 4.78 is 10.3. The Morgan fingerprint density at radius 2 is 2.00 bits per heavy atom. The van der Waals surface area contributed by atoms with Crippen molar-refractivity contribution in [2.75, 3.05) is 33.5 Å². The summed E-state index contributed by atoms with van der Waals surface area (Å²) >= 11 is 0. The van der Waals surface area contributed by atoms with E-state index in [1.165, 1.54) is 7.11 Å². The van der Waals surface area contributed by atoms with Crippen molar-refractivity contribution in [3.63, 3.8) is 0 Å². The number of nitrogen functional groups attached to an aromatic ring is 1. The van der Waals surface area contributed by atoms with Gasteiger partial charge in [-0.15, -0.1) is 0 Å². The Morgan fingerprint density at radius 3 is 2.53 bits per heavy atom. The summed E-state index contributed by atoms with van der Waals surface area (Å²) in [5, 5.41) is 0. The molecule has 0 fully saturated rings. The average molecular weight is 266 g/mol. The molecular formula is C14H22N2O3. The molecule has 0 heterocycles. The van der Waals surface area contributed by atoms with Crippen molar-refractivity contribution >= 4 is 11.6 Å². The summed E-state index contributed by atoms with van der Waals surface area (Å²) in [4.78, 5) is 14.0. The van der Waals surface area contributed by atoms with Crippen LogP contribution in [0.3, 0.4) is 0 Å². The first-order valence-electron chi connectivity index (χ1n) is 6.32. The number of unbranched alkanes of at least 4 members (excludes halogenated alkanes) is 1. The minimum Gasteiger partial charge on any atom is -0.497 e. The van der Waals surface area contributed by atoms with Gasteiger partial charge in [0.2, 0.25) is 0 Å². The number of carbonyl (C=O) groups excluding carboxylic acids is 1. The van der Waals surface area contributed by atoms with Crippen LogP contribution in [-0.4, -0.2) is 38.6 Å². The third-order valence-corrected chi connectivity index (χ3v) is 3.00. The third-order valence-electron chi connectivity index (χ3n) is 3.00. The van der Waals surface area contributed by atoms with Crippen LogP contribution < -0.4 is 15.2 Å². The molecule has 5 heteroatoms. The Labute approximate surface area is 114 Å². The monoisotopic (exact) mass is 266 g/mol. The van der Waals surface area contributed by atoms with Crippen molar-refractivity contribution in [2.45, 2.75) is 19.8 Å². The molecule has 1 aromatic carbocycles. The van der Waals surface area contributed by atoms with Gasteiger partial charge in [0.25, 0.3) is 5.91 Å². The van der Waals surface area contributed by atoms with Crippen LogP contribution >= 0.6 is 0 Å². The van der Waals surface area contributed by atoms with Crippen LogP contribution in [0.15, 0.2) is 12.1 Å². The standard InChI is InChI=1S/C14H22N2O3/c1-5-6-7-16(2)14(17)11-8-10(18-3)9-12(19-4)13(11)15/h8-9H,5-7,15H2,1-4H3. The first-order chi connectivity index (χ1) is 9.04. The van der Waals surface area contributed by atoms with E-state index in [-0.39, 0.29) is 5.91 Å². The van der Waals surface area contributed by atoms with Gasteiger partial charge in [0, 0.05) is 19.7 Å². The molecule has 0 radical (unpaired) electrons. The molecule has 1 rings (SSSR count). The first kappa shape index (κ1) is 15.1. The molecule has 106 valence electrons. The number of nitrogens with two attached hydrogens (primary N) is 1. The summed E-state index contributed by atoms with van der Waals surface area (Å²) in [5.41, 5.74) is 6.71. The summed E-state index contributed by atoms with van der Waals surface area (Å²) in [6.07, 6.45) is 2.00. The predicted octanol–water partition coefficient (Wildman–Crippen LogP) is 2.16. The van der Waals surface area contributed by atoms with Crippen LogP contribution in [0.25, 0.3) is 0 Å². The summed E-state index contributed by atoms with van der Waals surface area (Å²) in [6, 6.07) is 3.31. The fraction of sp³-hybridized carbons (Fsp3) is 0.500. The van der Waals surface area contributed by atoms with Gasteiger partial charge < -0.3 is 20.1 Å². The molecule has 0 spiro atoms. The van der Waals surface area contributed by atoms with E-state index in [4.69, 9.17) is 15.2 Å². The number of methoxy groups -OCH3 is 2. The van der Waals surface area contributed by atoms with Crippen LogP contribution in [-0.2, 0) is 0 Å². The normalized spacial score (nSPS) is 10.1. The number of amides is 1. The van der Waals surface area contributed by atoms with Crippen molar-refractivity contribution in [3.8, 4) is 11.5 Å². The smallest absolute Gasteiger partial charge is 0.255 e. The minimum absolute atomic E-state index is 0.122. The molecule has 0 aliphatic heterocycles. The van der Waals surface area contributed by atoms with Gasteiger partial charge in [0.1, 0.15) is 11.5 Å². The van der Waals surface area contributed by atoms with Gasteiger partial charge in [-0.1, -0.05) is 13.3 Å². The highest BCUT2D eigenvalue weighted by Crippen LogP contribution is 2.31. The number of hydrogen-bond donors (Lipinski definition) is 1. The molecule has 1 aromatic rings. The first-order valence-corrected chi connectivity index (χ1v) is 6.32. The molecule has 0 saturated heterocycles. The molecule has 2 N–H and O–H groups in total. The van der Waals surface area contributed by atoms with Crippen molar-refractivity contribution in [2.24, 2.45) is 0 Å². The van der Waals surface area contributed by atoms with Gasteiger partial charge in [-0.25, -0.2) is 0 Å². The predicted molar refractivity (Wildman–Crippen MR) is 75.8 cm³/mol. The van der Waals surface area contributed by atoms with E-state index in [0.717, 1.165) is 12.8 Å². The van der Waals surface area contributed by atoms with E-state index in [1.54, 1.807) is 31.2 Å². The van der Waals surface area contributed by atoms with Crippen molar-refractivity contribution in [1.82, 2.24) is 4.90 Å². The number of nitrogens with zero attached hydrogens (tertiary/aromatic N) is 1.